The Hall–Kier alpha value is -2.41. The summed E-state index contributed by atoms with van der Waals surface area (Å²) in [4.78, 5) is 29.0. The van der Waals surface area contributed by atoms with Gasteiger partial charge in [-0.2, -0.15) is 0 Å². The molecule has 24 heavy (non-hydrogen) atoms. The molecule has 0 aromatic carbocycles. The Morgan fingerprint density at radius 1 is 1.42 bits per heavy atom. The zero-order valence-corrected chi connectivity index (χ0v) is 14.2. The Balaban J connectivity index is 2.23. The van der Waals surface area contributed by atoms with Crippen molar-refractivity contribution in [2.45, 2.75) is 38.8 Å². The minimum absolute atomic E-state index is 0.0206. The van der Waals surface area contributed by atoms with Gasteiger partial charge in [0.25, 0.3) is 0 Å². The topological polar surface area (TPSA) is 91.8 Å². The van der Waals surface area contributed by atoms with Gasteiger partial charge in [-0.15, -0.1) is 0 Å². The summed E-state index contributed by atoms with van der Waals surface area (Å²) >= 11 is 0. The maximum absolute atomic E-state index is 12.6. The minimum atomic E-state index is -1.02. The van der Waals surface area contributed by atoms with Gasteiger partial charge in [-0.1, -0.05) is 0 Å². The molecule has 0 unspecified atom stereocenters. The highest BCUT2D eigenvalue weighted by Gasteiger charge is 2.32. The first-order valence-electron chi connectivity index (χ1n) is 7.86. The van der Waals surface area contributed by atoms with Gasteiger partial charge < -0.3 is 15.2 Å². The van der Waals surface area contributed by atoms with Crippen LogP contribution in [0.2, 0.25) is 0 Å². The first-order valence-corrected chi connectivity index (χ1v) is 7.86. The van der Waals surface area contributed by atoms with Crippen LogP contribution < -0.4 is 10.2 Å². The van der Waals surface area contributed by atoms with Gasteiger partial charge in [-0.25, -0.2) is 14.6 Å². The number of ether oxygens (including phenoxy) is 1. The number of carboxylic acids is 1. The molecule has 7 heteroatoms. The van der Waals surface area contributed by atoms with Crippen molar-refractivity contribution in [2.75, 3.05) is 18.0 Å². The Morgan fingerprint density at radius 2 is 2.17 bits per heavy atom. The highest BCUT2D eigenvalue weighted by Crippen LogP contribution is 2.22. The van der Waals surface area contributed by atoms with Gasteiger partial charge in [0.05, 0.1) is 6.04 Å². The summed E-state index contributed by atoms with van der Waals surface area (Å²) in [6.45, 7) is 6.99. The van der Waals surface area contributed by atoms with Gasteiger partial charge in [0.15, 0.2) is 0 Å². The first-order chi connectivity index (χ1) is 11.3. The summed E-state index contributed by atoms with van der Waals surface area (Å²) < 4.78 is 5.50. The van der Waals surface area contributed by atoms with Crippen molar-refractivity contribution in [3.05, 3.63) is 30.0 Å². The summed E-state index contributed by atoms with van der Waals surface area (Å²) in [6, 6.07) is 3.40. The first kappa shape index (κ1) is 17.9. The Kier molecular flexibility index (Phi) is 5.56. The molecule has 1 atom stereocenters. The number of hydrogen-bond donors (Lipinski definition) is 2. The number of aromatic nitrogens is 1. The number of nitrogens with zero attached hydrogens (tertiary/aromatic N) is 2. The van der Waals surface area contributed by atoms with E-state index >= 15 is 0 Å². The van der Waals surface area contributed by atoms with Gasteiger partial charge in [0.2, 0.25) is 0 Å². The quantitative estimate of drug-likeness (QED) is 0.821. The van der Waals surface area contributed by atoms with Crippen molar-refractivity contribution < 1.29 is 19.4 Å². The minimum Gasteiger partial charge on any atom is -0.478 e. The maximum atomic E-state index is 12.6. The van der Waals surface area contributed by atoms with Gasteiger partial charge in [-0.05, 0) is 57.5 Å². The maximum Gasteiger partial charge on any atom is 0.416 e. The third-order valence-corrected chi connectivity index (χ3v) is 3.43. The van der Waals surface area contributed by atoms with Crippen molar-refractivity contribution >= 4 is 24.0 Å². The van der Waals surface area contributed by atoms with Crippen molar-refractivity contribution in [3.63, 3.8) is 0 Å². The smallest absolute Gasteiger partial charge is 0.416 e. The number of carbonyl (C=O) groups is 2. The predicted molar refractivity (Wildman–Crippen MR) is 90.9 cm³/mol. The van der Waals surface area contributed by atoms with Crippen LogP contribution in [0.4, 0.5) is 10.6 Å². The standard InChI is InChI=1S/C17H23N3O4/c1-17(2,3)24-16(23)20(13-8-9-18-11-13)14-6-4-12(10-19-14)5-7-15(21)22/h4-7,10,13,18H,8-9,11H2,1-3H3,(H,21,22)/b7-5+/t13-/m1/s1. The second-order valence-corrected chi connectivity index (χ2v) is 6.62. The molecule has 130 valence electrons. The normalized spacial score (nSPS) is 17.9. The number of rotatable bonds is 4. The molecule has 0 spiro atoms. The van der Waals surface area contributed by atoms with Crippen LogP contribution in [-0.2, 0) is 9.53 Å². The molecule has 1 aliphatic heterocycles. The van der Waals surface area contributed by atoms with Crippen molar-refractivity contribution in [3.8, 4) is 0 Å². The number of nitrogens with one attached hydrogen (secondary N) is 1. The van der Waals surface area contributed by atoms with Crippen LogP contribution in [0.1, 0.15) is 32.8 Å². The van der Waals surface area contributed by atoms with Crippen LogP contribution in [0, 0.1) is 0 Å². The highest BCUT2D eigenvalue weighted by atomic mass is 16.6. The van der Waals surface area contributed by atoms with Gasteiger partial charge in [0.1, 0.15) is 11.4 Å². The number of carboxylic acid groups (broad SMARTS) is 1. The zero-order valence-electron chi connectivity index (χ0n) is 14.2. The zero-order chi connectivity index (χ0) is 17.7. The van der Waals surface area contributed by atoms with Gasteiger partial charge >= 0.3 is 12.1 Å². The Morgan fingerprint density at radius 3 is 2.67 bits per heavy atom. The molecule has 1 amide bonds. The number of carbonyl (C=O) groups excluding carboxylic acids is 1. The molecule has 0 radical (unpaired) electrons. The van der Waals surface area contributed by atoms with E-state index in [4.69, 9.17) is 9.84 Å². The lowest BCUT2D eigenvalue weighted by Gasteiger charge is -2.30. The number of amides is 1. The lowest BCUT2D eigenvalue weighted by atomic mass is 10.2. The molecular weight excluding hydrogens is 310 g/mol. The van der Waals surface area contributed by atoms with Gasteiger partial charge in [-0.3, -0.25) is 4.90 Å². The molecule has 0 bridgehead atoms. The fourth-order valence-electron chi connectivity index (χ4n) is 2.41. The molecule has 7 nitrogen and oxygen atoms in total. The number of aliphatic carboxylic acids is 1. The SMILES string of the molecule is CC(C)(C)OC(=O)N(c1ccc(/C=C/C(=O)O)cn1)[C@@H]1CCNC1. The lowest BCUT2D eigenvalue weighted by Crippen LogP contribution is -2.45. The Bertz CT molecular complexity index is 614. The second-order valence-electron chi connectivity index (χ2n) is 6.62. The molecule has 2 heterocycles. The third-order valence-electron chi connectivity index (χ3n) is 3.43. The summed E-state index contributed by atoms with van der Waals surface area (Å²) in [6.07, 6.45) is 4.42. The van der Waals surface area contributed by atoms with Crippen LogP contribution in [0.15, 0.2) is 24.4 Å². The fourth-order valence-corrected chi connectivity index (χ4v) is 2.41. The highest BCUT2D eigenvalue weighted by molar-refractivity contribution is 5.88. The fraction of sp³-hybridized carbons (Fsp3) is 0.471. The molecule has 1 saturated heterocycles. The summed E-state index contributed by atoms with van der Waals surface area (Å²) in [7, 11) is 0. The molecular formula is C17H23N3O4. The molecule has 0 saturated carbocycles. The van der Waals surface area contributed by atoms with Crippen LogP contribution in [0.25, 0.3) is 6.08 Å². The molecule has 1 fully saturated rings. The van der Waals surface area contributed by atoms with E-state index in [-0.39, 0.29) is 6.04 Å². The number of pyridine rings is 1. The second kappa shape index (κ2) is 7.44. The van der Waals surface area contributed by atoms with E-state index in [1.54, 1.807) is 17.0 Å². The van der Waals surface area contributed by atoms with E-state index in [0.29, 0.717) is 17.9 Å². The van der Waals surface area contributed by atoms with Crippen LogP contribution >= 0.6 is 0 Å². The van der Waals surface area contributed by atoms with E-state index in [0.717, 1.165) is 19.0 Å². The molecule has 1 aliphatic rings. The molecule has 2 N–H and O–H groups in total. The van der Waals surface area contributed by atoms with Crippen LogP contribution in [-0.4, -0.2) is 46.9 Å². The average molecular weight is 333 g/mol. The Labute approximate surface area is 141 Å². The van der Waals surface area contributed by atoms with E-state index in [9.17, 15) is 9.59 Å². The van der Waals surface area contributed by atoms with E-state index in [1.807, 2.05) is 20.8 Å². The van der Waals surface area contributed by atoms with Gasteiger partial charge in [0, 0.05) is 18.8 Å². The number of anilines is 1. The lowest BCUT2D eigenvalue weighted by molar-refractivity contribution is -0.131. The summed E-state index contributed by atoms with van der Waals surface area (Å²) in [5.74, 6) is -0.531. The predicted octanol–water partition coefficient (Wildman–Crippen LogP) is 2.28. The van der Waals surface area contributed by atoms with E-state index in [1.165, 1.54) is 12.3 Å². The molecule has 1 aromatic rings. The van der Waals surface area contributed by atoms with Crippen molar-refractivity contribution in [1.29, 1.82) is 0 Å². The largest absolute Gasteiger partial charge is 0.478 e. The summed E-state index contributed by atoms with van der Waals surface area (Å²) in [5, 5.41) is 11.9. The number of hydrogen-bond acceptors (Lipinski definition) is 5. The average Bonchev–Trinajstić information content (AvgIpc) is 2.98. The van der Waals surface area contributed by atoms with Crippen LogP contribution in [0.3, 0.4) is 0 Å². The van der Waals surface area contributed by atoms with E-state index in [2.05, 4.69) is 10.3 Å². The van der Waals surface area contributed by atoms with Crippen molar-refractivity contribution in [1.82, 2.24) is 10.3 Å². The third kappa shape index (κ3) is 5.06. The molecule has 1 aromatic heterocycles. The van der Waals surface area contributed by atoms with Crippen molar-refractivity contribution in [2.24, 2.45) is 0 Å². The molecule has 0 aliphatic carbocycles. The van der Waals surface area contributed by atoms with Crippen LogP contribution in [0.5, 0.6) is 0 Å². The monoisotopic (exact) mass is 333 g/mol. The molecule has 2 rings (SSSR count). The van der Waals surface area contributed by atoms with E-state index < -0.39 is 17.7 Å². The summed E-state index contributed by atoms with van der Waals surface area (Å²) in [5.41, 5.74) is 0.0563.